The first-order valence-electron chi connectivity index (χ1n) is 5.99. The fourth-order valence-electron chi connectivity index (χ4n) is 1.61. The summed E-state index contributed by atoms with van der Waals surface area (Å²) in [4.78, 5) is 0. The molecule has 1 aromatic heterocycles. The molecule has 18 heavy (non-hydrogen) atoms. The molecule has 0 amide bonds. The predicted molar refractivity (Wildman–Crippen MR) is 75.6 cm³/mol. The van der Waals surface area contributed by atoms with Gasteiger partial charge in [-0.25, -0.2) is 0 Å². The first-order chi connectivity index (χ1) is 8.44. The molecule has 0 radical (unpaired) electrons. The average Bonchev–Trinajstić information content (AvgIpc) is 2.74. The van der Waals surface area contributed by atoms with Gasteiger partial charge < -0.3 is 5.32 Å². The summed E-state index contributed by atoms with van der Waals surface area (Å²) in [6.45, 7) is 7.20. The summed E-state index contributed by atoms with van der Waals surface area (Å²) in [5.74, 6) is 0. The summed E-state index contributed by atoms with van der Waals surface area (Å²) >= 11 is 5.97. The summed E-state index contributed by atoms with van der Waals surface area (Å²) in [5, 5.41) is 11.5. The molecule has 0 bridgehead atoms. The first kappa shape index (κ1) is 13.1. The monoisotopic (exact) mass is 263 g/mol. The smallest absolute Gasteiger partial charge is 0.0924 e. The van der Waals surface area contributed by atoms with Crippen molar-refractivity contribution in [3.05, 3.63) is 41.0 Å². The summed E-state index contributed by atoms with van der Waals surface area (Å²) < 4.78 is 0. The Kier molecular flexibility index (Phi) is 3.73. The van der Waals surface area contributed by atoms with Crippen molar-refractivity contribution in [3.63, 3.8) is 0 Å². The van der Waals surface area contributed by atoms with Gasteiger partial charge in [-0.1, -0.05) is 23.7 Å². The highest BCUT2D eigenvalue weighted by Crippen LogP contribution is 2.21. The molecule has 4 heteroatoms. The maximum atomic E-state index is 5.97. The lowest BCUT2D eigenvalue weighted by Crippen LogP contribution is -2.35. The zero-order valence-electron chi connectivity index (χ0n) is 10.9. The van der Waals surface area contributed by atoms with E-state index in [2.05, 4.69) is 36.3 Å². The highest BCUT2D eigenvalue weighted by Gasteiger charge is 2.10. The molecule has 96 valence electrons. The van der Waals surface area contributed by atoms with Crippen molar-refractivity contribution in [2.24, 2.45) is 0 Å². The number of halogens is 1. The Bertz CT molecular complexity index is 526. The maximum absolute atomic E-state index is 5.97. The summed E-state index contributed by atoms with van der Waals surface area (Å²) in [6, 6.07) is 9.76. The molecule has 0 fully saturated rings. The molecule has 2 aromatic rings. The van der Waals surface area contributed by atoms with Crippen LogP contribution in [0.25, 0.3) is 11.3 Å². The number of hydrogen-bond acceptors (Lipinski definition) is 2. The second-order valence-electron chi connectivity index (χ2n) is 5.39. The largest absolute Gasteiger partial charge is 0.306 e. The van der Waals surface area contributed by atoms with Gasteiger partial charge in [0.05, 0.1) is 5.69 Å². The van der Waals surface area contributed by atoms with Crippen molar-refractivity contribution in [2.75, 3.05) is 0 Å². The van der Waals surface area contributed by atoms with Crippen molar-refractivity contribution < 1.29 is 0 Å². The van der Waals surface area contributed by atoms with E-state index in [0.717, 1.165) is 28.5 Å². The zero-order chi connectivity index (χ0) is 13.2. The molecule has 0 saturated heterocycles. The van der Waals surface area contributed by atoms with Gasteiger partial charge in [-0.2, -0.15) is 5.10 Å². The molecular formula is C14H18ClN3. The lowest BCUT2D eigenvalue weighted by molar-refractivity contribution is 0.421. The van der Waals surface area contributed by atoms with Gasteiger partial charge in [0.15, 0.2) is 0 Å². The molecule has 2 N–H and O–H groups in total. The van der Waals surface area contributed by atoms with E-state index >= 15 is 0 Å². The molecule has 2 rings (SSSR count). The SMILES string of the molecule is CC(C)(C)NCc1cc(-c2cccc(Cl)c2)n[nH]1. The molecule has 0 aliphatic carbocycles. The van der Waals surface area contributed by atoms with E-state index < -0.39 is 0 Å². The van der Waals surface area contributed by atoms with Gasteiger partial charge in [0, 0.05) is 28.4 Å². The molecular weight excluding hydrogens is 246 g/mol. The van der Waals surface area contributed by atoms with Crippen LogP contribution in [0.5, 0.6) is 0 Å². The zero-order valence-corrected chi connectivity index (χ0v) is 11.7. The van der Waals surface area contributed by atoms with Crippen LogP contribution in [0, 0.1) is 0 Å². The van der Waals surface area contributed by atoms with Crippen molar-refractivity contribution in [2.45, 2.75) is 32.9 Å². The van der Waals surface area contributed by atoms with Gasteiger partial charge in [-0.15, -0.1) is 0 Å². The third-order valence-corrected chi connectivity index (χ3v) is 2.80. The Morgan fingerprint density at radius 3 is 2.72 bits per heavy atom. The van der Waals surface area contributed by atoms with Gasteiger partial charge in [-0.05, 0) is 39.0 Å². The van der Waals surface area contributed by atoms with Crippen molar-refractivity contribution in [1.29, 1.82) is 0 Å². The number of aromatic amines is 1. The molecule has 0 aliphatic heterocycles. The molecule has 0 saturated carbocycles. The maximum Gasteiger partial charge on any atom is 0.0924 e. The van der Waals surface area contributed by atoms with Crippen LogP contribution >= 0.6 is 11.6 Å². The van der Waals surface area contributed by atoms with Crippen molar-refractivity contribution in [1.82, 2.24) is 15.5 Å². The van der Waals surface area contributed by atoms with Crippen molar-refractivity contribution >= 4 is 11.6 Å². The van der Waals surface area contributed by atoms with Gasteiger partial charge in [0.2, 0.25) is 0 Å². The predicted octanol–water partition coefficient (Wildman–Crippen LogP) is 3.62. The van der Waals surface area contributed by atoms with E-state index in [1.54, 1.807) is 0 Å². The number of nitrogens with one attached hydrogen (secondary N) is 2. The molecule has 0 aliphatic rings. The molecule has 1 heterocycles. The average molecular weight is 264 g/mol. The first-order valence-corrected chi connectivity index (χ1v) is 6.37. The van der Waals surface area contributed by atoms with Gasteiger partial charge >= 0.3 is 0 Å². The number of nitrogens with zero attached hydrogens (tertiary/aromatic N) is 1. The third-order valence-electron chi connectivity index (χ3n) is 2.56. The minimum absolute atomic E-state index is 0.0985. The van der Waals surface area contributed by atoms with Crippen LogP contribution in [0.1, 0.15) is 26.5 Å². The second-order valence-corrected chi connectivity index (χ2v) is 5.83. The number of benzene rings is 1. The van der Waals surface area contributed by atoms with Gasteiger partial charge in [-0.3, -0.25) is 5.10 Å². The van der Waals surface area contributed by atoms with E-state index in [-0.39, 0.29) is 5.54 Å². The summed E-state index contributed by atoms with van der Waals surface area (Å²) in [6.07, 6.45) is 0. The standard InChI is InChI=1S/C14H18ClN3/c1-14(2,3)16-9-12-8-13(18-17-12)10-5-4-6-11(15)7-10/h4-8,16H,9H2,1-3H3,(H,17,18). The van der Waals surface area contributed by atoms with E-state index in [4.69, 9.17) is 11.6 Å². The summed E-state index contributed by atoms with van der Waals surface area (Å²) in [7, 11) is 0. The van der Waals surface area contributed by atoms with Crippen LogP contribution in [0.2, 0.25) is 5.02 Å². The minimum atomic E-state index is 0.0985. The minimum Gasteiger partial charge on any atom is -0.306 e. The van der Waals surface area contributed by atoms with E-state index in [1.807, 2.05) is 30.3 Å². The molecule has 0 atom stereocenters. The number of rotatable bonds is 3. The Labute approximate surface area is 113 Å². The molecule has 0 spiro atoms. The number of hydrogen-bond donors (Lipinski definition) is 2. The van der Waals surface area contributed by atoms with Crippen molar-refractivity contribution in [3.8, 4) is 11.3 Å². The Morgan fingerprint density at radius 1 is 1.28 bits per heavy atom. The third kappa shape index (κ3) is 3.59. The quantitative estimate of drug-likeness (QED) is 0.888. The fourth-order valence-corrected chi connectivity index (χ4v) is 1.80. The molecule has 3 nitrogen and oxygen atoms in total. The van der Waals surface area contributed by atoms with Crippen LogP contribution in [0.15, 0.2) is 30.3 Å². The normalized spacial score (nSPS) is 11.8. The molecule has 1 aromatic carbocycles. The topological polar surface area (TPSA) is 40.7 Å². The number of aromatic nitrogens is 2. The lowest BCUT2D eigenvalue weighted by Gasteiger charge is -2.19. The second kappa shape index (κ2) is 5.12. The Hall–Kier alpha value is -1.32. The Morgan fingerprint density at radius 2 is 2.06 bits per heavy atom. The van der Waals surface area contributed by atoms with Gasteiger partial charge in [0.25, 0.3) is 0 Å². The van der Waals surface area contributed by atoms with Gasteiger partial charge in [0.1, 0.15) is 0 Å². The van der Waals surface area contributed by atoms with E-state index in [0.29, 0.717) is 0 Å². The van der Waals surface area contributed by atoms with Crippen LogP contribution in [0.3, 0.4) is 0 Å². The van der Waals surface area contributed by atoms with E-state index in [9.17, 15) is 0 Å². The fraction of sp³-hybridized carbons (Fsp3) is 0.357. The van der Waals surface area contributed by atoms with Crippen LogP contribution in [0.4, 0.5) is 0 Å². The number of H-pyrrole nitrogens is 1. The van der Waals surface area contributed by atoms with Crippen LogP contribution in [-0.4, -0.2) is 15.7 Å². The lowest BCUT2D eigenvalue weighted by atomic mass is 10.1. The van der Waals surface area contributed by atoms with E-state index in [1.165, 1.54) is 0 Å². The van der Waals surface area contributed by atoms with Crippen LogP contribution in [-0.2, 0) is 6.54 Å². The summed E-state index contributed by atoms with van der Waals surface area (Å²) in [5.41, 5.74) is 3.12. The highest BCUT2D eigenvalue weighted by atomic mass is 35.5. The molecule has 0 unspecified atom stereocenters. The van der Waals surface area contributed by atoms with Crippen LogP contribution < -0.4 is 5.32 Å². The Balaban J connectivity index is 2.11. The highest BCUT2D eigenvalue weighted by molar-refractivity contribution is 6.30.